The predicted octanol–water partition coefficient (Wildman–Crippen LogP) is 3.60. The van der Waals surface area contributed by atoms with Crippen LogP contribution in [0.1, 0.15) is 12.6 Å². The van der Waals surface area contributed by atoms with Crippen LogP contribution in [0, 0.1) is 17.2 Å². The van der Waals surface area contributed by atoms with Crippen molar-refractivity contribution < 1.29 is 4.74 Å². The molecule has 0 radical (unpaired) electrons. The maximum absolute atomic E-state index is 8.83. The van der Waals surface area contributed by atoms with Crippen molar-refractivity contribution in [2.45, 2.75) is 13.3 Å². The van der Waals surface area contributed by atoms with E-state index in [1.54, 1.807) is 19.2 Å². The molecule has 0 aliphatic heterocycles. The highest BCUT2D eigenvalue weighted by Gasteiger charge is 2.09. The van der Waals surface area contributed by atoms with E-state index in [4.69, 9.17) is 21.6 Å². The lowest BCUT2D eigenvalue weighted by Crippen LogP contribution is -1.99. The van der Waals surface area contributed by atoms with Crippen LogP contribution in [0.15, 0.2) is 24.3 Å². The molecule has 1 atom stereocenters. The zero-order chi connectivity index (χ0) is 13.1. The first kappa shape index (κ1) is 12.7. The van der Waals surface area contributed by atoms with Crippen LogP contribution < -0.4 is 4.74 Å². The molecule has 3 nitrogen and oxygen atoms in total. The summed E-state index contributed by atoms with van der Waals surface area (Å²) in [7, 11) is 1.61. The molecule has 0 aliphatic rings. The fourth-order valence-electron chi connectivity index (χ4n) is 1.84. The standard InChI is InChI=1S/C14H13ClN2O/c1-9(8-16)7-10-3-4-11-12(15)5-6-13(18-2)14(11)17-10/h3-6,9H,7H2,1-2H3. The fourth-order valence-corrected chi connectivity index (χ4v) is 2.05. The fraction of sp³-hybridized carbons (Fsp3) is 0.286. The van der Waals surface area contributed by atoms with Gasteiger partial charge in [-0.25, -0.2) is 4.98 Å². The first-order valence-electron chi connectivity index (χ1n) is 5.67. The summed E-state index contributed by atoms with van der Waals surface area (Å²) in [6, 6.07) is 9.63. The Morgan fingerprint density at radius 2 is 2.17 bits per heavy atom. The van der Waals surface area contributed by atoms with Gasteiger partial charge in [-0.3, -0.25) is 0 Å². The van der Waals surface area contributed by atoms with Gasteiger partial charge in [0.05, 0.1) is 18.2 Å². The molecule has 92 valence electrons. The van der Waals surface area contributed by atoms with E-state index in [0.717, 1.165) is 16.6 Å². The molecule has 0 amide bonds. The lowest BCUT2D eigenvalue weighted by molar-refractivity contribution is 0.419. The molecule has 1 aromatic heterocycles. The van der Waals surface area contributed by atoms with E-state index >= 15 is 0 Å². The average molecular weight is 261 g/mol. The third-order valence-electron chi connectivity index (χ3n) is 2.78. The van der Waals surface area contributed by atoms with Gasteiger partial charge in [0.1, 0.15) is 11.3 Å². The van der Waals surface area contributed by atoms with Gasteiger partial charge in [-0.05, 0) is 31.2 Å². The predicted molar refractivity (Wildman–Crippen MR) is 71.8 cm³/mol. The number of ether oxygens (including phenoxy) is 1. The molecule has 1 aromatic carbocycles. The van der Waals surface area contributed by atoms with Gasteiger partial charge in [0.25, 0.3) is 0 Å². The molecule has 0 bridgehead atoms. The van der Waals surface area contributed by atoms with E-state index in [9.17, 15) is 0 Å². The molecular weight excluding hydrogens is 248 g/mol. The molecule has 4 heteroatoms. The Labute approximate surface area is 111 Å². The zero-order valence-corrected chi connectivity index (χ0v) is 11.0. The van der Waals surface area contributed by atoms with Crippen molar-refractivity contribution in [3.63, 3.8) is 0 Å². The summed E-state index contributed by atoms with van der Waals surface area (Å²) in [5.74, 6) is 0.640. The van der Waals surface area contributed by atoms with Crippen molar-refractivity contribution in [1.29, 1.82) is 5.26 Å². The first-order valence-corrected chi connectivity index (χ1v) is 6.05. The molecule has 0 spiro atoms. The van der Waals surface area contributed by atoms with Gasteiger partial charge in [-0.2, -0.15) is 5.26 Å². The number of hydrogen-bond donors (Lipinski definition) is 0. The summed E-state index contributed by atoms with van der Waals surface area (Å²) in [6.07, 6.45) is 0.627. The van der Waals surface area contributed by atoms with Crippen molar-refractivity contribution in [2.75, 3.05) is 7.11 Å². The largest absolute Gasteiger partial charge is 0.494 e. The van der Waals surface area contributed by atoms with Crippen LogP contribution in [-0.2, 0) is 6.42 Å². The molecule has 0 fully saturated rings. The van der Waals surface area contributed by atoms with E-state index < -0.39 is 0 Å². The highest BCUT2D eigenvalue weighted by molar-refractivity contribution is 6.35. The molecule has 0 saturated heterocycles. The third kappa shape index (κ3) is 2.39. The summed E-state index contributed by atoms with van der Waals surface area (Å²) in [6.45, 7) is 1.88. The number of aromatic nitrogens is 1. The van der Waals surface area contributed by atoms with Crippen molar-refractivity contribution in [1.82, 2.24) is 4.98 Å². The van der Waals surface area contributed by atoms with Crippen molar-refractivity contribution in [2.24, 2.45) is 5.92 Å². The van der Waals surface area contributed by atoms with E-state index in [-0.39, 0.29) is 5.92 Å². The van der Waals surface area contributed by atoms with Gasteiger partial charge in [0.2, 0.25) is 0 Å². The minimum absolute atomic E-state index is 0.0554. The number of pyridine rings is 1. The summed E-state index contributed by atoms with van der Waals surface area (Å²) >= 11 is 6.12. The maximum Gasteiger partial charge on any atom is 0.145 e. The van der Waals surface area contributed by atoms with Crippen molar-refractivity contribution >= 4 is 22.5 Å². The minimum Gasteiger partial charge on any atom is -0.494 e. The molecule has 0 aliphatic carbocycles. The summed E-state index contributed by atoms with van der Waals surface area (Å²) < 4.78 is 5.28. The van der Waals surface area contributed by atoms with Crippen LogP contribution in [0.3, 0.4) is 0 Å². The van der Waals surface area contributed by atoms with Crippen LogP contribution in [0.25, 0.3) is 10.9 Å². The van der Waals surface area contributed by atoms with E-state index in [1.165, 1.54) is 0 Å². The van der Waals surface area contributed by atoms with Crippen LogP contribution in [0.2, 0.25) is 5.02 Å². The number of hydrogen-bond acceptors (Lipinski definition) is 3. The van der Waals surface area contributed by atoms with Crippen LogP contribution >= 0.6 is 11.6 Å². The third-order valence-corrected chi connectivity index (χ3v) is 3.11. The second-order valence-electron chi connectivity index (χ2n) is 4.18. The Kier molecular flexibility index (Phi) is 3.69. The molecule has 1 unspecified atom stereocenters. The molecule has 2 aromatic rings. The van der Waals surface area contributed by atoms with Gasteiger partial charge in [0.15, 0.2) is 0 Å². The van der Waals surface area contributed by atoms with Gasteiger partial charge in [0, 0.05) is 23.4 Å². The SMILES string of the molecule is COc1ccc(Cl)c2ccc(CC(C)C#N)nc12. The number of rotatable bonds is 3. The smallest absolute Gasteiger partial charge is 0.145 e. The summed E-state index contributed by atoms with van der Waals surface area (Å²) in [5, 5.41) is 10.3. The summed E-state index contributed by atoms with van der Waals surface area (Å²) in [4.78, 5) is 4.53. The molecule has 1 heterocycles. The Hall–Kier alpha value is -1.79. The number of nitrogens with zero attached hydrogens (tertiary/aromatic N) is 2. The van der Waals surface area contributed by atoms with Crippen LogP contribution in [-0.4, -0.2) is 12.1 Å². The van der Waals surface area contributed by atoms with Gasteiger partial charge in [-0.1, -0.05) is 11.6 Å². The Bertz CT molecular complexity index is 619. The van der Waals surface area contributed by atoms with Gasteiger partial charge < -0.3 is 4.74 Å². The Balaban J connectivity index is 2.53. The number of benzene rings is 1. The van der Waals surface area contributed by atoms with Crippen LogP contribution in [0.4, 0.5) is 0 Å². The van der Waals surface area contributed by atoms with Crippen molar-refractivity contribution in [3.05, 3.63) is 35.0 Å². The molecule has 0 N–H and O–H groups in total. The first-order chi connectivity index (χ1) is 8.65. The lowest BCUT2D eigenvalue weighted by Gasteiger charge is -2.08. The molecule has 18 heavy (non-hydrogen) atoms. The van der Waals surface area contributed by atoms with Crippen molar-refractivity contribution in [3.8, 4) is 11.8 Å². The van der Waals surface area contributed by atoms with E-state index in [2.05, 4.69) is 11.1 Å². The number of halogens is 1. The van der Waals surface area contributed by atoms with E-state index in [0.29, 0.717) is 17.2 Å². The topological polar surface area (TPSA) is 45.9 Å². The number of methoxy groups -OCH3 is 1. The normalized spacial score (nSPS) is 12.1. The quantitative estimate of drug-likeness (QED) is 0.847. The zero-order valence-electron chi connectivity index (χ0n) is 10.3. The number of nitriles is 1. The summed E-state index contributed by atoms with van der Waals surface area (Å²) in [5.41, 5.74) is 1.62. The Morgan fingerprint density at radius 3 is 2.83 bits per heavy atom. The van der Waals surface area contributed by atoms with E-state index in [1.807, 2.05) is 19.1 Å². The molecule has 0 saturated carbocycles. The minimum atomic E-state index is -0.0554. The number of fused-ring (bicyclic) bond motifs is 1. The van der Waals surface area contributed by atoms with Gasteiger partial charge in [-0.15, -0.1) is 0 Å². The highest BCUT2D eigenvalue weighted by atomic mass is 35.5. The second-order valence-corrected chi connectivity index (χ2v) is 4.59. The highest BCUT2D eigenvalue weighted by Crippen LogP contribution is 2.30. The lowest BCUT2D eigenvalue weighted by atomic mass is 10.1. The average Bonchev–Trinajstić information content (AvgIpc) is 2.39. The molecular formula is C14H13ClN2O. The maximum atomic E-state index is 8.83. The second kappa shape index (κ2) is 5.24. The monoisotopic (exact) mass is 260 g/mol. The molecule has 2 rings (SSSR count). The van der Waals surface area contributed by atoms with Gasteiger partial charge >= 0.3 is 0 Å². The van der Waals surface area contributed by atoms with Crippen LogP contribution in [0.5, 0.6) is 5.75 Å². The Morgan fingerprint density at radius 1 is 1.39 bits per heavy atom.